The van der Waals surface area contributed by atoms with Crippen molar-refractivity contribution < 1.29 is 24.1 Å². The highest BCUT2D eigenvalue weighted by atomic mass is 79.9. The molecular weight excluding hydrogens is 512 g/mol. The molecule has 0 radical (unpaired) electrons. The lowest BCUT2D eigenvalue weighted by atomic mass is 10.0. The molecule has 3 N–H and O–H groups in total. The molecule has 0 amide bonds. The number of H-pyrrole nitrogens is 1. The fraction of sp³-hybridized carbons (Fsp3) is 0.273. The van der Waals surface area contributed by atoms with Gasteiger partial charge < -0.3 is 19.9 Å². The van der Waals surface area contributed by atoms with Gasteiger partial charge in [-0.1, -0.05) is 34.6 Å². The maximum atomic E-state index is 13.1. The van der Waals surface area contributed by atoms with E-state index in [0.29, 0.717) is 29.0 Å². The van der Waals surface area contributed by atoms with E-state index in [9.17, 15) is 9.59 Å². The molecule has 9 nitrogen and oxygen atoms in total. The van der Waals surface area contributed by atoms with Gasteiger partial charge in [-0.3, -0.25) is 9.78 Å². The van der Waals surface area contributed by atoms with Crippen molar-refractivity contribution in [1.82, 2.24) is 10.1 Å². The SMILES string of the molecule is CCOc1cc([C@H]2Nc3ccc(Br)cc3-c3c(=O)[nH]c(SCC)n[n+]32)ccc1OCC(=O)O. The second-order valence-electron chi connectivity index (χ2n) is 7.04. The van der Waals surface area contributed by atoms with Gasteiger partial charge in [-0.25, -0.2) is 4.79 Å². The zero-order chi connectivity index (χ0) is 23.5. The van der Waals surface area contributed by atoms with Gasteiger partial charge in [0.1, 0.15) is 0 Å². The number of carbonyl (C=O) groups is 1. The quantitative estimate of drug-likeness (QED) is 0.297. The summed E-state index contributed by atoms with van der Waals surface area (Å²) < 4.78 is 13.6. The zero-order valence-corrected chi connectivity index (χ0v) is 20.3. The van der Waals surface area contributed by atoms with E-state index in [4.69, 9.17) is 19.7 Å². The number of thioether (sulfide) groups is 1. The minimum Gasteiger partial charge on any atom is -0.490 e. The summed E-state index contributed by atoms with van der Waals surface area (Å²) in [6, 6.07) is 10.9. The van der Waals surface area contributed by atoms with Crippen LogP contribution in [0.25, 0.3) is 11.3 Å². The molecule has 0 unspecified atom stereocenters. The lowest BCUT2D eigenvalue weighted by Gasteiger charge is -2.23. The van der Waals surface area contributed by atoms with Crippen molar-refractivity contribution in [1.29, 1.82) is 0 Å². The van der Waals surface area contributed by atoms with Crippen LogP contribution in [0.2, 0.25) is 0 Å². The molecule has 1 atom stereocenters. The number of nitrogens with one attached hydrogen (secondary N) is 2. The van der Waals surface area contributed by atoms with Crippen molar-refractivity contribution in [2.45, 2.75) is 25.2 Å². The number of hydrogen-bond donors (Lipinski definition) is 3. The molecule has 0 fully saturated rings. The molecule has 0 saturated carbocycles. The minimum atomic E-state index is -1.08. The number of rotatable bonds is 8. The number of ether oxygens (including phenoxy) is 2. The maximum Gasteiger partial charge on any atom is 0.341 e. The van der Waals surface area contributed by atoms with Crippen molar-refractivity contribution in [2.24, 2.45) is 0 Å². The van der Waals surface area contributed by atoms with Gasteiger partial charge in [-0.05, 0) is 53.8 Å². The Morgan fingerprint density at radius 2 is 2.03 bits per heavy atom. The van der Waals surface area contributed by atoms with Crippen LogP contribution >= 0.6 is 27.7 Å². The van der Waals surface area contributed by atoms with Gasteiger partial charge in [0.25, 0.3) is 6.17 Å². The molecule has 1 aliphatic rings. The van der Waals surface area contributed by atoms with Gasteiger partial charge in [0.15, 0.2) is 18.1 Å². The Kier molecular flexibility index (Phi) is 6.89. The summed E-state index contributed by atoms with van der Waals surface area (Å²) >= 11 is 4.92. The number of aromatic nitrogens is 3. The number of carboxylic acid groups (broad SMARTS) is 1. The lowest BCUT2D eigenvalue weighted by molar-refractivity contribution is -0.759. The van der Waals surface area contributed by atoms with Crippen LogP contribution in [0.4, 0.5) is 5.69 Å². The van der Waals surface area contributed by atoms with E-state index in [1.165, 1.54) is 11.8 Å². The number of benzene rings is 2. The summed E-state index contributed by atoms with van der Waals surface area (Å²) in [4.78, 5) is 26.9. The van der Waals surface area contributed by atoms with Crippen LogP contribution in [0.3, 0.4) is 0 Å². The molecule has 33 heavy (non-hydrogen) atoms. The van der Waals surface area contributed by atoms with E-state index < -0.39 is 18.7 Å². The normalized spacial score (nSPS) is 14.1. The first-order chi connectivity index (χ1) is 15.9. The third-order valence-corrected chi connectivity index (χ3v) is 6.09. The first kappa shape index (κ1) is 23.1. The van der Waals surface area contributed by atoms with Gasteiger partial charge in [0.05, 0.1) is 17.9 Å². The van der Waals surface area contributed by atoms with Crippen LogP contribution in [0.1, 0.15) is 25.6 Å². The predicted molar refractivity (Wildman–Crippen MR) is 127 cm³/mol. The lowest BCUT2D eigenvalue weighted by Crippen LogP contribution is -2.55. The average molecular weight is 534 g/mol. The molecule has 0 saturated heterocycles. The van der Waals surface area contributed by atoms with Crippen molar-refractivity contribution in [3.8, 4) is 22.8 Å². The Hall–Kier alpha value is -3.05. The number of halogens is 1. The fourth-order valence-corrected chi connectivity index (χ4v) is 4.51. The van der Waals surface area contributed by atoms with E-state index in [2.05, 4.69) is 26.2 Å². The standard InChI is InChI=1S/C22H21BrN4O5S/c1-3-31-17-9-12(5-8-16(17)32-11-18(28)29)20-24-15-7-6-13(23)10-14(15)19-21(30)25-22(33-4-2)26-27(19)20/h5-10,20H,3-4,11H2,1-2H3,(H2,25,26,28,29,30)/p+1/t20-/m0/s1. The van der Waals surface area contributed by atoms with Crippen LogP contribution in [0.5, 0.6) is 11.5 Å². The van der Waals surface area contributed by atoms with Crippen molar-refractivity contribution in [3.05, 3.63) is 56.8 Å². The van der Waals surface area contributed by atoms with Crippen molar-refractivity contribution in [3.63, 3.8) is 0 Å². The van der Waals surface area contributed by atoms with Gasteiger partial charge in [-0.2, -0.15) is 0 Å². The number of anilines is 1. The van der Waals surface area contributed by atoms with Gasteiger partial charge >= 0.3 is 17.2 Å². The Bertz CT molecular complexity index is 1270. The Morgan fingerprint density at radius 1 is 1.21 bits per heavy atom. The molecule has 1 aromatic heterocycles. The van der Waals surface area contributed by atoms with E-state index in [0.717, 1.165) is 27.0 Å². The molecule has 0 bridgehead atoms. The highest BCUT2D eigenvalue weighted by Gasteiger charge is 2.38. The Morgan fingerprint density at radius 3 is 2.76 bits per heavy atom. The third-order valence-electron chi connectivity index (χ3n) is 4.85. The monoisotopic (exact) mass is 533 g/mol. The summed E-state index contributed by atoms with van der Waals surface area (Å²) in [7, 11) is 0. The number of nitrogens with zero attached hydrogens (tertiary/aromatic N) is 2. The summed E-state index contributed by atoms with van der Waals surface area (Å²) in [5.41, 5.74) is 2.48. The summed E-state index contributed by atoms with van der Waals surface area (Å²) in [6.45, 7) is 3.72. The Balaban J connectivity index is 1.85. The Labute approximate surface area is 202 Å². The predicted octanol–water partition coefficient (Wildman–Crippen LogP) is 3.43. The summed E-state index contributed by atoms with van der Waals surface area (Å²) in [5, 5.41) is 17.6. The first-order valence-electron chi connectivity index (χ1n) is 10.3. The smallest absolute Gasteiger partial charge is 0.341 e. The first-order valence-corrected chi connectivity index (χ1v) is 12.1. The topological polar surface area (TPSA) is 117 Å². The average Bonchev–Trinajstić information content (AvgIpc) is 2.78. The second kappa shape index (κ2) is 9.84. The second-order valence-corrected chi connectivity index (χ2v) is 9.21. The van der Waals surface area contributed by atoms with Gasteiger partial charge in [0.2, 0.25) is 5.16 Å². The highest BCUT2D eigenvalue weighted by Crippen LogP contribution is 2.36. The molecule has 172 valence electrons. The summed E-state index contributed by atoms with van der Waals surface area (Å²) in [6.07, 6.45) is -0.500. The van der Waals surface area contributed by atoms with E-state index in [1.807, 2.05) is 32.0 Å². The largest absolute Gasteiger partial charge is 0.490 e. The van der Waals surface area contributed by atoms with E-state index >= 15 is 0 Å². The molecule has 2 aromatic carbocycles. The maximum absolute atomic E-state index is 13.1. The number of aromatic amines is 1. The minimum absolute atomic E-state index is 0.238. The number of hydrogen-bond acceptors (Lipinski definition) is 7. The third kappa shape index (κ3) is 4.83. The zero-order valence-electron chi connectivity index (χ0n) is 17.9. The molecule has 1 aliphatic heterocycles. The molecule has 0 aliphatic carbocycles. The van der Waals surface area contributed by atoms with Crippen LogP contribution in [0, 0.1) is 0 Å². The molecule has 4 rings (SSSR count). The van der Waals surface area contributed by atoms with Crippen LogP contribution < -0.4 is 25.0 Å². The molecular formula is C22H22BrN4O5S+. The highest BCUT2D eigenvalue weighted by molar-refractivity contribution is 9.10. The molecule has 11 heteroatoms. The molecule has 3 aromatic rings. The fourth-order valence-electron chi connectivity index (χ4n) is 3.56. The van der Waals surface area contributed by atoms with E-state index in [-0.39, 0.29) is 5.56 Å². The van der Waals surface area contributed by atoms with Crippen LogP contribution in [-0.2, 0) is 4.79 Å². The van der Waals surface area contributed by atoms with Crippen LogP contribution in [-0.4, -0.2) is 40.1 Å². The van der Waals surface area contributed by atoms with Crippen molar-refractivity contribution in [2.75, 3.05) is 24.3 Å². The van der Waals surface area contributed by atoms with Crippen LogP contribution in [0.15, 0.2) is 50.8 Å². The molecule has 0 spiro atoms. The van der Waals surface area contributed by atoms with E-state index in [1.54, 1.807) is 22.9 Å². The number of carboxylic acids is 1. The van der Waals surface area contributed by atoms with Gasteiger partial charge in [0, 0.05) is 15.1 Å². The number of aliphatic carboxylic acids is 1. The summed E-state index contributed by atoms with van der Waals surface area (Å²) in [5.74, 6) is 0.420. The van der Waals surface area contributed by atoms with Gasteiger partial charge in [-0.15, -0.1) is 0 Å². The van der Waals surface area contributed by atoms with Crippen molar-refractivity contribution >= 4 is 39.3 Å². The molecule has 2 heterocycles. The number of fused-ring (bicyclic) bond motifs is 3.